The van der Waals surface area contributed by atoms with Crippen molar-refractivity contribution < 1.29 is 14.3 Å². The highest BCUT2D eigenvalue weighted by molar-refractivity contribution is 6.99. The van der Waals surface area contributed by atoms with Crippen LogP contribution in [-0.4, -0.2) is 43.5 Å². The Hall–Kier alpha value is -2.93. The van der Waals surface area contributed by atoms with Crippen molar-refractivity contribution in [1.29, 1.82) is 0 Å². The van der Waals surface area contributed by atoms with E-state index in [-0.39, 0.29) is 35.6 Å². The third-order valence-corrected chi connectivity index (χ3v) is 15.2. The molecule has 242 valence electrons. The van der Waals surface area contributed by atoms with Gasteiger partial charge in [0, 0.05) is 16.0 Å². The fourth-order valence-corrected chi connectivity index (χ4v) is 12.2. The summed E-state index contributed by atoms with van der Waals surface area (Å²) in [5.74, 6) is -0.178. The van der Waals surface area contributed by atoms with E-state index in [9.17, 15) is 9.90 Å². The van der Waals surface area contributed by atoms with E-state index in [1.165, 1.54) is 10.4 Å². The minimum Gasteiger partial charge on any atom is -0.405 e. The van der Waals surface area contributed by atoms with E-state index in [4.69, 9.17) is 27.6 Å². The minimum atomic E-state index is -2.88. The van der Waals surface area contributed by atoms with E-state index >= 15 is 0 Å². The van der Waals surface area contributed by atoms with Crippen LogP contribution in [0.15, 0.2) is 109 Å². The number of halogens is 2. The lowest BCUT2D eigenvalue weighted by atomic mass is 9.68. The monoisotopic (exact) mass is 673 g/mol. The van der Waals surface area contributed by atoms with Crippen LogP contribution < -0.4 is 10.4 Å². The molecule has 1 fully saturated rings. The Morgan fingerprint density at radius 3 is 1.96 bits per heavy atom. The van der Waals surface area contributed by atoms with Gasteiger partial charge in [-0.2, -0.15) is 0 Å². The number of hydrogen-bond acceptors (Lipinski definition) is 3. The Balaban J connectivity index is 1.65. The van der Waals surface area contributed by atoms with Gasteiger partial charge < -0.3 is 14.4 Å². The van der Waals surface area contributed by atoms with Crippen LogP contribution in [0.25, 0.3) is 0 Å². The molecule has 4 aromatic carbocycles. The molecule has 0 saturated carbocycles. The molecule has 1 N–H and O–H groups in total. The molecule has 4 aromatic rings. The van der Waals surface area contributed by atoms with Gasteiger partial charge in [0.05, 0.1) is 30.7 Å². The molecular formula is C39H45Cl2NO3Si. The SMILES string of the molecule is CCC(CO[Si](c1ccccc1)(c1ccccc1)C(C)(C)C)N1C(=O)[C@@](C)(CO)C[C@H](c2cccc(Cl)c2)[C@H]1c1ccc(Cl)cc1. The number of likely N-dealkylation sites (tertiary alicyclic amines) is 1. The second-order valence-electron chi connectivity index (χ2n) is 13.8. The first-order chi connectivity index (χ1) is 21.9. The molecule has 0 spiro atoms. The summed E-state index contributed by atoms with van der Waals surface area (Å²) in [4.78, 5) is 16.7. The number of nitrogens with zero attached hydrogens (tertiary/aromatic N) is 1. The molecule has 7 heteroatoms. The van der Waals surface area contributed by atoms with E-state index in [1.807, 2.05) is 66.4 Å². The first-order valence-corrected chi connectivity index (χ1v) is 18.8. The normalized spacial score (nSPS) is 21.3. The number of aliphatic hydroxyl groups is 1. The number of piperidine rings is 1. The summed E-state index contributed by atoms with van der Waals surface area (Å²) >= 11 is 12.9. The second kappa shape index (κ2) is 14.0. The molecule has 0 aliphatic carbocycles. The van der Waals surface area contributed by atoms with Crippen molar-refractivity contribution in [3.8, 4) is 0 Å². The summed E-state index contributed by atoms with van der Waals surface area (Å²) in [6.07, 6.45) is 1.16. The molecule has 1 amide bonds. The Bertz CT molecular complexity index is 1570. The highest BCUT2D eigenvalue weighted by atomic mass is 35.5. The number of aliphatic hydroxyl groups excluding tert-OH is 1. The van der Waals surface area contributed by atoms with Gasteiger partial charge in [0.2, 0.25) is 5.91 Å². The third-order valence-electron chi connectivity index (χ3n) is 9.71. The summed E-state index contributed by atoms with van der Waals surface area (Å²) in [5.41, 5.74) is 1.06. The van der Waals surface area contributed by atoms with Crippen molar-refractivity contribution in [3.05, 3.63) is 130 Å². The minimum absolute atomic E-state index is 0.0638. The summed E-state index contributed by atoms with van der Waals surface area (Å²) < 4.78 is 7.43. The van der Waals surface area contributed by atoms with Gasteiger partial charge in [0.25, 0.3) is 8.32 Å². The molecule has 1 aliphatic rings. The number of amides is 1. The van der Waals surface area contributed by atoms with Crippen LogP contribution in [0.2, 0.25) is 15.1 Å². The Kier molecular flexibility index (Phi) is 10.5. The molecule has 4 atom stereocenters. The zero-order valence-corrected chi connectivity index (χ0v) is 29.9. The van der Waals surface area contributed by atoms with Crippen LogP contribution in [0.5, 0.6) is 0 Å². The van der Waals surface area contributed by atoms with E-state index in [0.717, 1.165) is 11.1 Å². The van der Waals surface area contributed by atoms with E-state index < -0.39 is 13.7 Å². The molecular weight excluding hydrogens is 629 g/mol. The average Bonchev–Trinajstić information content (AvgIpc) is 3.05. The standard InChI is InChI=1S/C39H45Cl2NO3Si/c1-6-32(26-45-46(38(2,3)4,33-16-9-7-10-17-33)34-18-11-8-12-19-34)42-36(28-20-22-30(40)23-21-28)35(25-39(5,27-43)37(42)44)29-14-13-15-31(41)24-29/h7-24,32,35-36,43H,6,25-27H2,1-5H3/t32?,35-,36-,39-/m1/s1. The van der Waals surface area contributed by atoms with Crippen molar-refractivity contribution in [2.75, 3.05) is 13.2 Å². The summed E-state index contributed by atoms with van der Waals surface area (Å²) in [7, 11) is -2.88. The summed E-state index contributed by atoms with van der Waals surface area (Å²) in [6.45, 7) is 10.9. The van der Waals surface area contributed by atoms with Gasteiger partial charge in [-0.15, -0.1) is 0 Å². The highest BCUT2D eigenvalue weighted by Crippen LogP contribution is 2.51. The van der Waals surface area contributed by atoms with E-state index in [2.05, 4.69) is 82.3 Å². The smallest absolute Gasteiger partial charge is 0.261 e. The van der Waals surface area contributed by atoms with Crippen molar-refractivity contribution in [3.63, 3.8) is 0 Å². The van der Waals surface area contributed by atoms with E-state index in [1.54, 1.807) is 0 Å². The maximum absolute atomic E-state index is 14.7. The summed E-state index contributed by atoms with van der Waals surface area (Å²) in [5, 5.41) is 14.2. The summed E-state index contributed by atoms with van der Waals surface area (Å²) in [6, 6.07) is 36.3. The molecule has 0 radical (unpaired) electrons. The van der Waals surface area contributed by atoms with Gasteiger partial charge >= 0.3 is 0 Å². The van der Waals surface area contributed by atoms with Crippen LogP contribution >= 0.6 is 23.2 Å². The Labute approximate surface area is 285 Å². The highest BCUT2D eigenvalue weighted by Gasteiger charge is 2.54. The fourth-order valence-electron chi connectivity index (χ4n) is 7.31. The maximum Gasteiger partial charge on any atom is 0.261 e. The van der Waals surface area contributed by atoms with Crippen molar-refractivity contribution in [2.45, 2.75) is 70.5 Å². The van der Waals surface area contributed by atoms with Crippen LogP contribution in [0.3, 0.4) is 0 Å². The first-order valence-electron chi connectivity index (χ1n) is 16.1. The number of rotatable bonds is 10. The predicted molar refractivity (Wildman–Crippen MR) is 193 cm³/mol. The molecule has 0 bridgehead atoms. The Morgan fingerprint density at radius 2 is 1.46 bits per heavy atom. The molecule has 1 saturated heterocycles. The third kappa shape index (κ3) is 6.58. The first kappa shape index (κ1) is 34.4. The van der Waals surface area contributed by atoms with Crippen LogP contribution in [0.1, 0.15) is 70.5 Å². The zero-order chi connectivity index (χ0) is 33.1. The molecule has 1 heterocycles. The van der Waals surface area contributed by atoms with Crippen molar-refractivity contribution in [2.24, 2.45) is 5.41 Å². The number of hydrogen-bond donors (Lipinski definition) is 1. The topological polar surface area (TPSA) is 49.8 Å². The Morgan fingerprint density at radius 1 is 0.870 bits per heavy atom. The van der Waals surface area contributed by atoms with Crippen LogP contribution in [-0.2, 0) is 9.22 Å². The van der Waals surface area contributed by atoms with Gasteiger partial charge in [-0.25, -0.2) is 0 Å². The van der Waals surface area contributed by atoms with Crippen LogP contribution in [0, 0.1) is 5.41 Å². The lowest BCUT2D eigenvalue weighted by molar-refractivity contribution is -0.158. The van der Waals surface area contributed by atoms with Gasteiger partial charge in [-0.1, -0.05) is 136 Å². The molecule has 1 aliphatic heterocycles. The molecule has 1 unspecified atom stereocenters. The number of benzene rings is 4. The van der Waals surface area contributed by atoms with Crippen molar-refractivity contribution in [1.82, 2.24) is 4.90 Å². The second-order valence-corrected chi connectivity index (χ2v) is 19.0. The molecule has 0 aromatic heterocycles. The van der Waals surface area contributed by atoms with Gasteiger partial charge in [-0.3, -0.25) is 4.79 Å². The zero-order valence-electron chi connectivity index (χ0n) is 27.4. The van der Waals surface area contributed by atoms with Gasteiger partial charge in [0.15, 0.2) is 0 Å². The molecule has 46 heavy (non-hydrogen) atoms. The number of carbonyl (C=O) groups excluding carboxylic acids is 1. The van der Waals surface area contributed by atoms with Gasteiger partial charge in [0.1, 0.15) is 0 Å². The van der Waals surface area contributed by atoms with E-state index in [0.29, 0.717) is 29.5 Å². The van der Waals surface area contributed by atoms with Crippen molar-refractivity contribution >= 4 is 47.8 Å². The lowest BCUT2D eigenvalue weighted by Crippen LogP contribution is -2.68. The molecule has 5 rings (SSSR count). The van der Waals surface area contributed by atoms with Gasteiger partial charge in [-0.05, 0) is 70.6 Å². The average molecular weight is 675 g/mol. The predicted octanol–water partition coefficient (Wildman–Crippen LogP) is 8.40. The quantitative estimate of drug-likeness (QED) is 0.172. The largest absolute Gasteiger partial charge is 0.405 e. The molecule has 4 nitrogen and oxygen atoms in total. The van der Waals surface area contributed by atoms with Crippen LogP contribution in [0.4, 0.5) is 0 Å². The lowest BCUT2D eigenvalue weighted by Gasteiger charge is -2.52. The number of carbonyl (C=O) groups is 1. The maximum atomic E-state index is 14.7. The fraction of sp³-hybridized carbons (Fsp3) is 0.359.